The van der Waals surface area contributed by atoms with E-state index in [1.807, 2.05) is 0 Å². The molecule has 1 atom stereocenters. The number of hydrogen-bond acceptors (Lipinski definition) is 6. The van der Waals surface area contributed by atoms with E-state index < -0.39 is 20.6 Å². The number of morpholine rings is 1. The summed E-state index contributed by atoms with van der Waals surface area (Å²) < 4.78 is 32.5. The maximum Gasteiger partial charge on any atom is 0.289 e. The number of benzene rings is 1. The third-order valence-electron chi connectivity index (χ3n) is 3.57. The van der Waals surface area contributed by atoms with Gasteiger partial charge in [0.2, 0.25) is 10.0 Å². The molecule has 8 nitrogen and oxygen atoms in total. The molecule has 1 saturated heterocycles. The zero-order valence-electron chi connectivity index (χ0n) is 12.5. The van der Waals surface area contributed by atoms with E-state index in [2.05, 4.69) is 10.0 Å². The number of aryl methyl sites for hydroxylation is 2. The summed E-state index contributed by atoms with van der Waals surface area (Å²) in [6.45, 7) is 5.26. The molecule has 0 bridgehead atoms. The molecule has 0 radical (unpaired) electrons. The number of sulfonamides is 1. The molecule has 0 saturated carbocycles. The molecule has 0 aromatic heterocycles. The Kier molecular flexibility index (Phi) is 5.12. The topological polar surface area (TPSA) is 111 Å². The Bertz CT molecular complexity index is 668. The van der Waals surface area contributed by atoms with Crippen molar-refractivity contribution in [2.75, 3.05) is 26.2 Å². The zero-order chi connectivity index (χ0) is 16.3. The third-order valence-corrected chi connectivity index (χ3v) is 5.02. The van der Waals surface area contributed by atoms with E-state index in [4.69, 9.17) is 4.74 Å². The maximum atomic E-state index is 12.4. The molecule has 1 aliphatic rings. The van der Waals surface area contributed by atoms with Crippen molar-refractivity contribution in [1.29, 1.82) is 0 Å². The number of ether oxygens (including phenoxy) is 1. The monoisotopic (exact) mass is 329 g/mol. The van der Waals surface area contributed by atoms with E-state index in [0.29, 0.717) is 24.3 Å². The molecule has 2 rings (SSSR count). The van der Waals surface area contributed by atoms with Crippen LogP contribution in [-0.2, 0) is 14.8 Å². The minimum absolute atomic E-state index is 0.0689. The average molecular weight is 329 g/mol. The molecular formula is C13H19N3O5S. The molecule has 0 aliphatic carbocycles. The van der Waals surface area contributed by atoms with Gasteiger partial charge in [-0.3, -0.25) is 10.1 Å². The van der Waals surface area contributed by atoms with Crippen molar-refractivity contribution in [2.24, 2.45) is 0 Å². The Morgan fingerprint density at radius 3 is 2.68 bits per heavy atom. The van der Waals surface area contributed by atoms with Crippen LogP contribution in [0, 0.1) is 24.0 Å². The number of nitro benzene ring substituents is 1. The van der Waals surface area contributed by atoms with E-state index in [0.717, 1.165) is 6.54 Å². The summed E-state index contributed by atoms with van der Waals surface area (Å²) in [6, 6.07) is 2.61. The summed E-state index contributed by atoms with van der Waals surface area (Å²) in [7, 11) is -3.97. The molecule has 22 heavy (non-hydrogen) atoms. The van der Waals surface area contributed by atoms with E-state index in [9.17, 15) is 18.5 Å². The van der Waals surface area contributed by atoms with Crippen LogP contribution in [-0.4, -0.2) is 45.7 Å². The number of nitro groups is 1. The van der Waals surface area contributed by atoms with Gasteiger partial charge in [0, 0.05) is 25.7 Å². The number of nitrogens with zero attached hydrogens (tertiary/aromatic N) is 1. The highest BCUT2D eigenvalue weighted by molar-refractivity contribution is 7.89. The molecule has 2 N–H and O–H groups in total. The van der Waals surface area contributed by atoms with Gasteiger partial charge in [0.25, 0.3) is 5.69 Å². The SMILES string of the molecule is Cc1cc([N+](=O)[O-])c(S(=O)(=O)NCC2CNCCO2)cc1C. The minimum atomic E-state index is -3.97. The largest absolute Gasteiger partial charge is 0.374 e. The Labute approximate surface area is 129 Å². The van der Waals surface area contributed by atoms with Gasteiger partial charge in [-0.25, -0.2) is 13.1 Å². The van der Waals surface area contributed by atoms with Gasteiger partial charge in [-0.2, -0.15) is 0 Å². The Morgan fingerprint density at radius 2 is 2.09 bits per heavy atom. The highest BCUT2D eigenvalue weighted by Crippen LogP contribution is 2.27. The predicted octanol–water partition coefficient (Wildman–Crippen LogP) is 0.478. The van der Waals surface area contributed by atoms with Crippen LogP contribution in [0.15, 0.2) is 17.0 Å². The third kappa shape index (κ3) is 3.80. The fraction of sp³-hybridized carbons (Fsp3) is 0.538. The van der Waals surface area contributed by atoms with Crippen LogP contribution in [0.4, 0.5) is 5.69 Å². The van der Waals surface area contributed by atoms with Crippen molar-refractivity contribution in [2.45, 2.75) is 24.8 Å². The van der Waals surface area contributed by atoms with E-state index in [1.54, 1.807) is 13.8 Å². The van der Waals surface area contributed by atoms with Crippen LogP contribution in [0.3, 0.4) is 0 Å². The lowest BCUT2D eigenvalue weighted by Crippen LogP contribution is -2.45. The first kappa shape index (κ1) is 16.8. The fourth-order valence-electron chi connectivity index (χ4n) is 2.16. The van der Waals surface area contributed by atoms with Crippen molar-refractivity contribution in [1.82, 2.24) is 10.0 Å². The molecule has 1 fully saturated rings. The van der Waals surface area contributed by atoms with Crippen LogP contribution in [0.5, 0.6) is 0 Å². The average Bonchev–Trinajstić information content (AvgIpc) is 2.48. The fourth-order valence-corrected chi connectivity index (χ4v) is 3.47. The van der Waals surface area contributed by atoms with Gasteiger partial charge in [-0.15, -0.1) is 0 Å². The Balaban J connectivity index is 2.24. The van der Waals surface area contributed by atoms with Crippen LogP contribution in [0.1, 0.15) is 11.1 Å². The molecule has 1 aromatic carbocycles. The van der Waals surface area contributed by atoms with Gasteiger partial charge in [-0.1, -0.05) is 0 Å². The van der Waals surface area contributed by atoms with Crippen molar-refractivity contribution >= 4 is 15.7 Å². The van der Waals surface area contributed by atoms with Gasteiger partial charge in [0.1, 0.15) is 0 Å². The molecule has 9 heteroatoms. The molecule has 1 aliphatic heterocycles. The molecule has 1 heterocycles. The van der Waals surface area contributed by atoms with Gasteiger partial charge >= 0.3 is 0 Å². The van der Waals surface area contributed by atoms with E-state index in [1.165, 1.54) is 12.1 Å². The van der Waals surface area contributed by atoms with Crippen molar-refractivity contribution < 1.29 is 18.1 Å². The summed E-state index contributed by atoms with van der Waals surface area (Å²) >= 11 is 0. The second kappa shape index (κ2) is 6.69. The quantitative estimate of drug-likeness (QED) is 0.600. The highest BCUT2D eigenvalue weighted by Gasteiger charge is 2.27. The number of hydrogen-bond donors (Lipinski definition) is 2. The van der Waals surface area contributed by atoms with Crippen LogP contribution >= 0.6 is 0 Å². The second-order valence-corrected chi connectivity index (χ2v) is 6.95. The van der Waals surface area contributed by atoms with Crippen molar-refractivity contribution in [3.8, 4) is 0 Å². The van der Waals surface area contributed by atoms with Crippen LogP contribution in [0.2, 0.25) is 0 Å². The Morgan fingerprint density at radius 1 is 1.41 bits per heavy atom. The normalized spacial score (nSPS) is 19.1. The standard InChI is InChI=1S/C13H19N3O5S/c1-9-5-12(16(17)18)13(6-10(9)2)22(19,20)15-8-11-7-14-3-4-21-11/h5-6,11,14-15H,3-4,7-8H2,1-2H3. The molecule has 1 aromatic rings. The first-order valence-corrected chi connectivity index (χ1v) is 8.37. The van der Waals surface area contributed by atoms with Crippen LogP contribution in [0.25, 0.3) is 0 Å². The van der Waals surface area contributed by atoms with Gasteiger partial charge in [0.05, 0.1) is 17.6 Å². The molecule has 0 amide bonds. The molecule has 1 unspecified atom stereocenters. The van der Waals surface area contributed by atoms with Gasteiger partial charge in [-0.05, 0) is 31.0 Å². The van der Waals surface area contributed by atoms with E-state index >= 15 is 0 Å². The molecule has 0 spiro atoms. The Hall–Kier alpha value is -1.55. The van der Waals surface area contributed by atoms with Crippen molar-refractivity contribution in [3.05, 3.63) is 33.4 Å². The van der Waals surface area contributed by atoms with Gasteiger partial charge < -0.3 is 10.1 Å². The lowest BCUT2D eigenvalue weighted by Gasteiger charge is -2.23. The summed E-state index contributed by atoms with van der Waals surface area (Å²) in [6.07, 6.45) is -0.283. The first-order chi connectivity index (χ1) is 10.3. The van der Waals surface area contributed by atoms with E-state index in [-0.39, 0.29) is 17.5 Å². The van der Waals surface area contributed by atoms with Crippen molar-refractivity contribution in [3.63, 3.8) is 0 Å². The first-order valence-electron chi connectivity index (χ1n) is 6.89. The summed E-state index contributed by atoms with van der Waals surface area (Å²) in [5.41, 5.74) is 0.935. The number of rotatable bonds is 5. The summed E-state index contributed by atoms with van der Waals surface area (Å²) in [4.78, 5) is 10.1. The summed E-state index contributed by atoms with van der Waals surface area (Å²) in [5.74, 6) is 0. The lowest BCUT2D eigenvalue weighted by atomic mass is 10.1. The predicted molar refractivity (Wildman–Crippen MR) is 80.4 cm³/mol. The maximum absolute atomic E-state index is 12.4. The van der Waals surface area contributed by atoms with Crippen LogP contribution < -0.4 is 10.0 Å². The molecule has 122 valence electrons. The minimum Gasteiger partial charge on any atom is -0.374 e. The smallest absolute Gasteiger partial charge is 0.289 e. The molecular weight excluding hydrogens is 310 g/mol. The highest BCUT2D eigenvalue weighted by atomic mass is 32.2. The lowest BCUT2D eigenvalue weighted by molar-refractivity contribution is -0.387. The number of nitrogens with one attached hydrogen (secondary N) is 2. The second-order valence-electron chi connectivity index (χ2n) is 5.21. The summed E-state index contributed by atoms with van der Waals surface area (Å²) in [5, 5.41) is 14.2. The van der Waals surface area contributed by atoms with Gasteiger partial charge in [0.15, 0.2) is 4.90 Å². The zero-order valence-corrected chi connectivity index (χ0v) is 13.3.